The number of rotatable bonds is 4. The number of carbonyl (C=O) groups is 2. The highest BCUT2D eigenvalue weighted by molar-refractivity contribution is 8.01. The van der Waals surface area contributed by atoms with Gasteiger partial charge in [0.05, 0.1) is 10.9 Å². The van der Waals surface area contributed by atoms with Crippen molar-refractivity contribution < 1.29 is 9.59 Å². The molecule has 3 rings (SSSR count). The number of thioether (sulfide) groups is 1. The molecule has 1 aromatic rings. The fourth-order valence-corrected chi connectivity index (χ4v) is 5.30. The molecular formula is C23H35N3O2S. The van der Waals surface area contributed by atoms with Crippen molar-refractivity contribution in [3.63, 3.8) is 0 Å². The van der Waals surface area contributed by atoms with Crippen molar-refractivity contribution in [2.75, 3.05) is 18.8 Å². The summed E-state index contributed by atoms with van der Waals surface area (Å²) in [6, 6.07) is 8.09. The number of nitrogens with one attached hydrogen (secondary N) is 2. The maximum absolute atomic E-state index is 12.9. The largest absolute Gasteiger partial charge is 0.352 e. The first-order chi connectivity index (χ1) is 13.6. The van der Waals surface area contributed by atoms with E-state index in [-0.39, 0.29) is 34.2 Å². The maximum atomic E-state index is 12.9. The van der Waals surface area contributed by atoms with Crippen LogP contribution in [0.15, 0.2) is 24.3 Å². The summed E-state index contributed by atoms with van der Waals surface area (Å²) in [5.74, 6) is 1.00. The third-order valence-corrected chi connectivity index (χ3v) is 7.72. The van der Waals surface area contributed by atoms with Crippen LogP contribution in [0.5, 0.6) is 0 Å². The predicted molar refractivity (Wildman–Crippen MR) is 120 cm³/mol. The van der Waals surface area contributed by atoms with Gasteiger partial charge in [0.2, 0.25) is 5.91 Å². The normalized spacial score (nSPS) is 22.5. The van der Waals surface area contributed by atoms with Gasteiger partial charge < -0.3 is 10.2 Å². The minimum atomic E-state index is -0.138. The number of nitrogens with zero attached hydrogens (tertiary/aromatic N) is 1. The number of hydrogen-bond donors (Lipinski definition) is 2. The molecule has 2 heterocycles. The molecule has 2 aliphatic heterocycles. The van der Waals surface area contributed by atoms with Crippen LogP contribution in [0, 0.1) is 0 Å². The zero-order valence-electron chi connectivity index (χ0n) is 18.4. The minimum Gasteiger partial charge on any atom is -0.352 e. The number of hydrogen-bond acceptors (Lipinski definition) is 4. The third kappa shape index (κ3) is 5.15. The van der Waals surface area contributed by atoms with Crippen molar-refractivity contribution in [3.05, 3.63) is 35.4 Å². The zero-order chi connectivity index (χ0) is 21.2. The van der Waals surface area contributed by atoms with E-state index in [4.69, 9.17) is 0 Å². The highest BCUT2D eigenvalue weighted by Gasteiger charge is 2.44. The van der Waals surface area contributed by atoms with Gasteiger partial charge in [-0.15, -0.1) is 11.8 Å². The van der Waals surface area contributed by atoms with E-state index >= 15 is 0 Å². The number of piperidine rings is 1. The molecule has 1 spiro atoms. The maximum Gasteiger partial charge on any atom is 0.253 e. The lowest BCUT2D eigenvalue weighted by atomic mass is 9.86. The van der Waals surface area contributed by atoms with Crippen molar-refractivity contribution >= 4 is 23.6 Å². The molecule has 0 bridgehead atoms. The Kier molecular flexibility index (Phi) is 6.64. The van der Waals surface area contributed by atoms with Gasteiger partial charge in [-0.25, -0.2) is 0 Å². The molecule has 2 aliphatic rings. The van der Waals surface area contributed by atoms with Crippen molar-refractivity contribution in [2.24, 2.45) is 0 Å². The number of likely N-dealkylation sites (tertiary alicyclic amines) is 1. The van der Waals surface area contributed by atoms with E-state index in [0.717, 1.165) is 43.7 Å². The average Bonchev–Trinajstić information content (AvgIpc) is 3.11. The fourth-order valence-electron chi connectivity index (χ4n) is 3.89. The second kappa shape index (κ2) is 8.68. The Morgan fingerprint density at radius 3 is 2.41 bits per heavy atom. The standard InChI is InChI=1S/C23H35N3O2S/c1-6-16(2)24-20(27)19-15-29-23(25-19)11-13-26(14-12-23)21(28)17-7-9-18(10-8-17)22(3,4)5/h7-10,16,19,25H,6,11-15H2,1-5H3,(H,24,27)/t16-,19+/m1/s1. The summed E-state index contributed by atoms with van der Waals surface area (Å²) < 4.78 is 0. The van der Waals surface area contributed by atoms with Crippen LogP contribution in [0.2, 0.25) is 0 Å². The Labute approximate surface area is 179 Å². The summed E-state index contributed by atoms with van der Waals surface area (Å²) >= 11 is 1.84. The van der Waals surface area contributed by atoms with E-state index in [1.165, 1.54) is 5.56 Å². The molecule has 1 aromatic carbocycles. The number of benzene rings is 1. The molecule has 5 nitrogen and oxygen atoms in total. The Morgan fingerprint density at radius 1 is 1.24 bits per heavy atom. The van der Waals surface area contributed by atoms with Gasteiger partial charge in [-0.2, -0.15) is 0 Å². The van der Waals surface area contributed by atoms with E-state index in [1.807, 2.05) is 35.7 Å². The molecule has 29 heavy (non-hydrogen) atoms. The van der Waals surface area contributed by atoms with E-state index < -0.39 is 0 Å². The first kappa shape index (κ1) is 22.2. The monoisotopic (exact) mass is 417 g/mol. The molecule has 2 atom stereocenters. The SMILES string of the molecule is CC[C@@H](C)NC(=O)[C@@H]1CSC2(CCN(C(=O)c3ccc(C(C)(C)C)cc3)CC2)N1. The Hall–Kier alpha value is -1.53. The van der Waals surface area contributed by atoms with Crippen molar-refractivity contribution in [1.29, 1.82) is 0 Å². The molecule has 2 saturated heterocycles. The van der Waals surface area contributed by atoms with E-state index in [2.05, 4.69) is 50.5 Å². The topological polar surface area (TPSA) is 61.4 Å². The third-order valence-electron chi connectivity index (χ3n) is 6.14. The van der Waals surface area contributed by atoms with Crippen LogP contribution in [-0.4, -0.2) is 52.5 Å². The predicted octanol–water partition coefficient (Wildman–Crippen LogP) is 3.54. The van der Waals surface area contributed by atoms with Gasteiger partial charge in [0, 0.05) is 30.4 Å². The van der Waals surface area contributed by atoms with Crippen LogP contribution in [0.25, 0.3) is 0 Å². The molecule has 0 saturated carbocycles. The second-order valence-electron chi connectivity index (χ2n) is 9.44. The Morgan fingerprint density at radius 2 is 1.86 bits per heavy atom. The smallest absolute Gasteiger partial charge is 0.253 e. The molecule has 6 heteroatoms. The van der Waals surface area contributed by atoms with Crippen LogP contribution in [-0.2, 0) is 10.2 Å². The van der Waals surface area contributed by atoms with Crippen LogP contribution in [0.4, 0.5) is 0 Å². The lowest BCUT2D eigenvalue weighted by Gasteiger charge is -2.39. The van der Waals surface area contributed by atoms with Gasteiger partial charge >= 0.3 is 0 Å². The van der Waals surface area contributed by atoms with Gasteiger partial charge in [-0.3, -0.25) is 14.9 Å². The molecule has 0 unspecified atom stereocenters. The van der Waals surface area contributed by atoms with Gasteiger partial charge in [0.1, 0.15) is 0 Å². The van der Waals surface area contributed by atoms with Crippen LogP contribution in [0.3, 0.4) is 0 Å². The van der Waals surface area contributed by atoms with Crippen LogP contribution >= 0.6 is 11.8 Å². The van der Waals surface area contributed by atoms with Gasteiger partial charge in [0.15, 0.2) is 0 Å². The lowest BCUT2D eigenvalue weighted by molar-refractivity contribution is -0.123. The highest BCUT2D eigenvalue weighted by Crippen LogP contribution is 2.39. The molecular weight excluding hydrogens is 382 g/mol. The van der Waals surface area contributed by atoms with E-state index in [0.29, 0.717) is 0 Å². The first-order valence-electron chi connectivity index (χ1n) is 10.8. The van der Waals surface area contributed by atoms with E-state index in [1.54, 1.807) is 0 Å². The quantitative estimate of drug-likeness (QED) is 0.787. The summed E-state index contributed by atoms with van der Waals surface area (Å²) in [6.45, 7) is 12.1. The molecule has 0 aliphatic carbocycles. The fraction of sp³-hybridized carbons (Fsp3) is 0.652. The Balaban J connectivity index is 1.55. The van der Waals surface area contributed by atoms with Crippen molar-refractivity contribution in [2.45, 2.75) is 76.3 Å². The van der Waals surface area contributed by atoms with Gasteiger partial charge in [-0.1, -0.05) is 39.8 Å². The zero-order valence-corrected chi connectivity index (χ0v) is 19.2. The average molecular weight is 418 g/mol. The molecule has 2 fully saturated rings. The van der Waals surface area contributed by atoms with Crippen molar-refractivity contribution in [3.8, 4) is 0 Å². The molecule has 2 N–H and O–H groups in total. The Bertz CT molecular complexity index is 733. The number of carbonyl (C=O) groups excluding carboxylic acids is 2. The first-order valence-corrected chi connectivity index (χ1v) is 11.7. The van der Waals surface area contributed by atoms with Crippen LogP contribution < -0.4 is 10.6 Å². The molecule has 160 valence electrons. The molecule has 0 radical (unpaired) electrons. The molecule has 0 aromatic heterocycles. The van der Waals surface area contributed by atoms with Gasteiger partial charge in [-0.05, 0) is 49.3 Å². The summed E-state index contributed by atoms with van der Waals surface area (Å²) in [5, 5.41) is 6.65. The summed E-state index contributed by atoms with van der Waals surface area (Å²) in [7, 11) is 0. The number of amides is 2. The van der Waals surface area contributed by atoms with Crippen LogP contribution in [0.1, 0.15) is 69.8 Å². The lowest BCUT2D eigenvalue weighted by Crippen LogP contribution is -2.55. The second-order valence-corrected chi connectivity index (χ2v) is 10.8. The summed E-state index contributed by atoms with van der Waals surface area (Å²) in [6.07, 6.45) is 2.68. The molecule has 2 amide bonds. The summed E-state index contributed by atoms with van der Waals surface area (Å²) in [5.41, 5.74) is 2.08. The van der Waals surface area contributed by atoms with E-state index in [9.17, 15) is 9.59 Å². The summed E-state index contributed by atoms with van der Waals surface area (Å²) in [4.78, 5) is 27.2. The minimum absolute atomic E-state index is 0.0790. The van der Waals surface area contributed by atoms with Crippen molar-refractivity contribution in [1.82, 2.24) is 15.5 Å². The van der Waals surface area contributed by atoms with Gasteiger partial charge in [0.25, 0.3) is 5.91 Å². The highest BCUT2D eigenvalue weighted by atomic mass is 32.2.